The van der Waals surface area contributed by atoms with Gasteiger partial charge in [-0.2, -0.15) is 0 Å². The lowest BCUT2D eigenvalue weighted by atomic mass is 10.2. The quantitative estimate of drug-likeness (QED) is 0.885. The number of carbonyl (C=O) groups excluding carboxylic acids is 1. The molecule has 76 valence electrons. The molecular weight excluding hydrogens is 246 g/mol. The Morgan fingerprint density at radius 3 is 2.64 bits per heavy atom. The Hall–Kier alpha value is -1.03. The minimum absolute atomic E-state index is 0.0896. The Kier molecular flexibility index (Phi) is 3.52. The number of hydrogen-bond acceptors (Lipinski definition) is 2. The van der Waals surface area contributed by atoms with Crippen LogP contribution >= 0.6 is 15.9 Å². The second-order valence-electron chi connectivity index (χ2n) is 2.96. The van der Waals surface area contributed by atoms with Crippen molar-refractivity contribution in [2.45, 2.75) is 13.8 Å². The van der Waals surface area contributed by atoms with Crippen molar-refractivity contribution in [2.75, 3.05) is 12.4 Å². The fourth-order valence-corrected chi connectivity index (χ4v) is 1.62. The van der Waals surface area contributed by atoms with Crippen molar-refractivity contribution in [3.63, 3.8) is 0 Å². The Bertz CT molecular complexity index is 363. The highest BCUT2D eigenvalue weighted by Crippen LogP contribution is 2.30. The van der Waals surface area contributed by atoms with Crippen LogP contribution in [-0.2, 0) is 4.79 Å². The molecule has 0 bridgehead atoms. The minimum atomic E-state index is -0.0896. The van der Waals surface area contributed by atoms with Gasteiger partial charge in [0.15, 0.2) is 0 Å². The Labute approximate surface area is 91.6 Å². The van der Waals surface area contributed by atoms with E-state index in [4.69, 9.17) is 4.74 Å². The summed E-state index contributed by atoms with van der Waals surface area (Å²) in [7, 11) is 1.60. The molecule has 0 aliphatic rings. The first-order valence-electron chi connectivity index (χ1n) is 4.16. The van der Waals surface area contributed by atoms with Crippen LogP contribution in [0.5, 0.6) is 5.75 Å². The van der Waals surface area contributed by atoms with Crippen LogP contribution in [0, 0.1) is 6.92 Å². The molecule has 1 N–H and O–H groups in total. The molecule has 4 heteroatoms. The highest BCUT2D eigenvalue weighted by Gasteiger charge is 2.07. The third-order valence-electron chi connectivity index (χ3n) is 1.86. The summed E-state index contributed by atoms with van der Waals surface area (Å²) >= 11 is 3.35. The first kappa shape index (κ1) is 11.0. The number of carbonyl (C=O) groups is 1. The summed E-state index contributed by atoms with van der Waals surface area (Å²) in [5.41, 5.74) is 1.69. The van der Waals surface area contributed by atoms with Gasteiger partial charge in [-0.3, -0.25) is 4.79 Å². The smallest absolute Gasteiger partial charge is 0.221 e. The van der Waals surface area contributed by atoms with Gasteiger partial charge in [-0.1, -0.05) is 15.9 Å². The summed E-state index contributed by atoms with van der Waals surface area (Å²) in [6, 6.07) is 3.71. The van der Waals surface area contributed by atoms with Crippen LogP contribution in [0.3, 0.4) is 0 Å². The van der Waals surface area contributed by atoms with E-state index in [1.54, 1.807) is 7.11 Å². The molecule has 0 aromatic heterocycles. The van der Waals surface area contributed by atoms with E-state index >= 15 is 0 Å². The summed E-state index contributed by atoms with van der Waals surface area (Å²) in [5, 5.41) is 2.74. The Morgan fingerprint density at radius 1 is 1.50 bits per heavy atom. The maximum Gasteiger partial charge on any atom is 0.221 e. The minimum Gasteiger partial charge on any atom is -0.496 e. The van der Waals surface area contributed by atoms with Crippen molar-refractivity contribution >= 4 is 27.5 Å². The molecule has 0 aliphatic carbocycles. The Balaban J connectivity index is 3.15. The van der Waals surface area contributed by atoms with Crippen molar-refractivity contribution in [1.29, 1.82) is 0 Å². The number of methoxy groups -OCH3 is 1. The van der Waals surface area contributed by atoms with Crippen molar-refractivity contribution in [2.24, 2.45) is 0 Å². The number of nitrogens with one attached hydrogen (secondary N) is 1. The van der Waals surface area contributed by atoms with E-state index in [-0.39, 0.29) is 5.91 Å². The maximum atomic E-state index is 10.9. The predicted molar refractivity (Wildman–Crippen MR) is 59.7 cm³/mol. The predicted octanol–water partition coefficient (Wildman–Crippen LogP) is 2.72. The van der Waals surface area contributed by atoms with E-state index < -0.39 is 0 Å². The molecule has 1 aromatic rings. The van der Waals surface area contributed by atoms with Crippen LogP contribution in [0.1, 0.15) is 12.5 Å². The number of benzene rings is 1. The largest absolute Gasteiger partial charge is 0.496 e. The van der Waals surface area contributed by atoms with E-state index in [2.05, 4.69) is 21.2 Å². The van der Waals surface area contributed by atoms with Crippen LogP contribution in [0.4, 0.5) is 5.69 Å². The summed E-state index contributed by atoms with van der Waals surface area (Å²) in [6.07, 6.45) is 0. The van der Waals surface area contributed by atoms with Crippen LogP contribution in [0.2, 0.25) is 0 Å². The SMILES string of the molecule is COc1cc(Br)cc(NC(C)=O)c1C. The summed E-state index contributed by atoms with van der Waals surface area (Å²) in [6.45, 7) is 3.38. The van der Waals surface area contributed by atoms with E-state index in [1.165, 1.54) is 6.92 Å². The van der Waals surface area contributed by atoms with Crippen molar-refractivity contribution in [1.82, 2.24) is 0 Å². The summed E-state index contributed by atoms with van der Waals surface area (Å²) in [5.74, 6) is 0.663. The highest BCUT2D eigenvalue weighted by atomic mass is 79.9. The first-order valence-corrected chi connectivity index (χ1v) is 4.95. The highest BCUT2D eigenvalue weighted by molar-refractivity contribution is 9.10. The maximum absolute atomic E-state index is 10.9. The summed E-state index contributed by atoms with van der Waals surface area (Å²) in [4.78, 5) is 10.9. The van der Waals surface area contributed by atoms with Crippen molar-refractivity contribution in [3.8, 4) is 5.75 Å². The van der Waals surface area contributed by atoms with Gasteiger partial charge in [0.25, 0.3) is 0 Å². The molecule has 1 aromatic carbocycles. The number of amides is 1. The van der Waals surface area contributed by atoms with Crippen LogP contribution in [0.15, 0.2) is 16.6 Å². The normalized spacial score (nSPS) is 9.71. The molecule has 1 rings (SSSR count). The average molecular weight is 258 g/mol. The van der Waals surface area contributed by atoms with E-state index in [0.29, 0.717) is 0 Å². The fraction of sp³-hybridized carbons (Fsp3) is 0.300. The number of halogens is 1. The molecule has 0 saturated carbocycles. The monoisotopic (exact) mass is 257 g/mol. The van der Waals surface area contributed by atoms with E-state index in [1.807, 2.05) is 19.1 Å². The molecule has 1 amide bonds. The third-order valence-corrected chi connectivity index (χ3v) is 2.31. The number of rotatable bonds is 2. The van der Waals surface area contributed by atoms with Gasteiger partial charge >= 0.3 is 0 Å². The topological polar surface area (TPSA) is 38.3 Å². The number of hydrogen-bond donors (Lipinski definition) is 1. The molecule has 0 atom stereocenters. The molecule has 0 unspecified atom stereocenters. The van der Waals surface area contributed by atoms with Crippen molar-refractivity contribution in [3.05, 3.63) is 22.2 Å². The zero-order valence-corrected chi connectivity index (χ0v) is 9.94. The van der Waals surface area contributed by atoms with Gasteiger partial charge < -0.3 is 10.1 Å². The standard InChI is InChI=1S/C10H12BrNO2/c1-6-9(12-7(2)13)4-8(11)5-10(6)14-3/h4-5H,1-3H3,(H,12,13). The lowest BCUT2D eigenvalue weighted by molar-refractivity contribution is -0.114. The van der Waals surface area contributed by atoms with Crippen molar-refractivity contribution < 1.29 is 9.53 Å². The molecule has 3 nitrogen and oxygen atoms in total. The molecule has 0 spiro atoms. The van der Waals surface area contributed by atoms with Crippen LogP contribution in [0.25, 0.3) is 0 Å². The molecule has 0 heterocycles. The molecule has 0 fully saturated rings. The van der Waals surface area contributed by atoms with Gasteiger partial charge in [-0.25, -0.2) is 0 Å². The van der Waals surface area contributed by atoms with Gasteiger partial charge in [0, 0.05) is 22.6 Å². The lowest BCUT2D eigenvalue weighted by Gasteiger charge is -2.11. The second kappa shape index (κ2) is 4.46. The molecular formula is C10H12BrNO2. The van der Waals surface area contributed by atoms with Gasteiger partial charge in [-0.05, 0) is 19.1 Å². The zero-order valence-electron chi connectivity index (χ0n) is 8.35. The van der Waals surface area contributed by atoms with E-state index in [0.717, 1.165) is 21.5 Å². The average Bonchev–Trinajstić information content (AvgIpc) is 2.09. The van der Waals surface area contributed by atoms with Crippen LogP contribution in [-0.4, -0.2) is 13.0 Å². The second-order valence-corrected chi connectivity index (χ2v) is 3.88. The molecule has 0 saturated heterocycles. The molecule has 0 radical (unpaired) electrons. The zero-order chi connectivity index (χ0) is 10.7. The van der Waals surface area contributed by atoms with Crippen LogP contribution < -0.4 is 10.1 Å². The molecule has 14 heavy (non-hydrogen) atoms. The number of ether oxygens (including phenoxy) is 1. The summed E-state index contributed by atoms with van der Waals surface area (Å²) < 4.78 is 6.05. The third kappa shape index (κ3) is 2.48. The van der Waals surface area contributed by atoms with Gasteiger partial charge in [0.1, 0.15) is 5.75 Å². The van der Waals surface area contributed by atoms with E-state index in [9.17, 15) is 4.79 Å². The Morgan fingerprint density at radius 2 is 2.14 bits per heavy atom. The first-order chi connectivity index (χ1) is 6.54. The fourth-order valence-electron chi connectivity index (χ4n) is 1.19. The van der Waals surface area contributed by atoms with Gasteiger partial charge in [0.2, 0.25) is 5.91 Å². The van der Waals surface area contributed by atoms with Gasteiger partial charge in [0.05, 0.1) is 7.11 Å². The molecule has 0 aliphatic heterocycles. The van der Waals surface area contributed by atoms with Gasteiger partial charge in [-0.15, -0.1) is 0 Å². The lowest BCUT2D eigenvalue weighted by Crippen LogP contribution is -2.07. The number of anilines is 1.